The van der Waals surface area contributed by atoms with E-state index in [2.05, 4.69) is 55.9 Å². The Morgan fingerprint density at radius 1 is 1.04 bits per heavy atom. The third-order valence-corrected chi connectivity index (χ3v) is 14.6. The van der Waals surface area contributed by atoms with E-state index in [1.165, 1.54) is 6.07 Å². The van der Waals surface area contributed by atoms with Gasteiger partial charge < -0.3 is 28.7 Å². The highest BCUT2D eigenvalue weighted by molar-refractivity contribution is 6.74. The second kappa shape index (κ2) is 15.0. The van der Waals surface area contributed by atoms with E-state index < -0.39 is 25.6 Å². The molecule has 1 amide bonds. The number of imidazole rings is 1. The number of hydrogen-bond donors (Lipinski definition) is 1. The Hall–Kier alpha value is -3.12. The molecule has 2 saturated heterocycles. The Kier molecular flexibility index (Phi) is 11.4. The molecule has 1 aromatic heterocycles. The average molecular weight is 697 g/mol. The fourth-order valence-electron chi connectivity index (χ4n) is 6.41. The number of amides is 1. The van der Waals surface area contributed by atoms with Crippen molar-refractivity contribution in [3.8, 4) is 11.3 Å². The molecular formula is C38H54F2N4O4Si. The second-order valence-corrected chi connectivity index (χ2v) is 20.9. The summed E-state index contributed by atoms with van der Waals surface area (Å²) < 4.78 is 50.0. The van der Waals surface area contributed by atoms with Gasteiger partial charge in [-0.05, 0) is 81.4 Å². The molecule has 3 aromatic rings. The maximum absolute atomic E-state index is 15.1. The fraction of sp³-hybridized carbons (Fsp3) is 0.579. The Morgan fingerprint density at radius 2 is 1.73 bits per heavy atom. The number of nitrogens with one attached hydrogen (secondary N) is 1. The molecule has 5 rings (SSSR count). The molecular weight excluding hydrogens is 643 g/mol. The van der Waals surface area contributed by atoms with Crippen LogP contribution in [0.2, 0.25) is 18.1 Å². The van der Waals surface area contributed by atoms with Crippen molar-refractivity contribution in [1.29, 1.82) is 0 Å². The van der Waals surface area contributed by atoms with E-state index >= 15 is 4.39 Å². The SMILES string of the molecule is CC(C)(C)OC(=O)N1C[C@@H](CN[C@@H](c2nc(-c3cc(F)ccc3F)cn2Cc2ccccc2)C2CCOCC2)[C@H](O[Si](C)(C)C(C)(C)C)C1. The van der Waals surface area contributed by atoms with Gasteiger partial charge in [-0.2, -0.15) is 0 Å². The van der Waals surface area contributed by atoms with Crippen molar-refractivity contribution in [2.24, 2.45) is 11.8 Å². The molecule has 2 aromatic carbocycles. The van der Waals surface area contributed by atoms with Crippen LogP contribution in [0.1, 0.15) is 71.8 Å². The van der Waals surface area contributed by atoms with Crippen LogP contribution in [0.4, 0.5) is 13.6 Å². The molecule has 0 saturated carbocycles. The highest BCUT2D eigenvalue weighted by Crippen LogP contribution is 2.40. The minimum atomic E-state index is -2.18. The number of carbonyl (C=O) groups excluding carboxylic acids is 1. The summed E-state index contributed by atoms with van der Waals surface area (Å²) in [6, 6.07) is 13.3. The van der Waals surface area contributed by atoms with Gasteiger partial charge in [0.25, 0.3) is 0 Å². The summed E-state index contributed by atoms with van der Waals surface area (Å²) in [6.45, 7) is 20.1. The maximum Gasteiger partial charge on any atom is 0.410 e. The lowest BCUT2D eigenvalue weighted by Crippen LogP contribution is -2.47. The number of hydrogen-bond acceptors (Lipinski definition) is 6. The van der Waals surface area contributed by atoms with E-state index in [1.807, 2.05) is 45.2 Å². The quantitative estimate of drug-likeness (QED) is 0.216. The third-order valence-electron chi connectivity index (χ3n) is 10.1. The zero-order chi connectivity index (χ0) is 35.6. The Bertz CT molecular complexity index is 1560. The lowest BCUT2D eigenvalue weighted by atomic mass is 9.90. The number of rotatable bonds is 10. The number of carbonyl (C=O) groups is 1. The molecule has 2 aliphatic rings. The van der Waals surface area contributed by atoms with Gasteiger partial charge in [0.05, 0.1) is 17.8 Å². The number of aromatic nitrogens is 2. The third kappa shape index (κ3) is 9.36. The van der Waals surface area contributed by atoms with E-state index in [-0.39, 0.29) is 40.7 Å². The maximum atomic E-state index is 15.1. The minimum Gasteiger partial charge on any atom is -0.444 e. The van der Waals surface area contributed by atoms with Crippen LogP contribution in [0.25, 0.3) is 11.3 Å². The van der Waals surface area contributed by atoms with Gasteiger partial charge in [0.15, 0.2) is 8.32 Å². The smallest absolute Gasteiger partial charge is 0.410 e. The monoisotopic (exact) mass is 696 g/mol. The summed E-state index contributed by atoms with van der Waals surface area (Å²) in [6.07, 6.45) is 2.99. The lowest BCUT2D eigenvalue weighted by Gasteiger charge is -2.40. The standard InChI is InChI=1S/C38H54F2N4O4Si/c1-37(2,3)47-36(45)44-23-28(33(25-44)48-49(7,8)38(4,5)6)21-41-34(27-16-18-46-19-17-27)35-42-32(30-20-29(39)14-15-31(30)40)24-43(35)22-26-12-10-9-11-13-26/h9-15,20,24,27-28,33-34,41H,16-19,21-23,25H2,1-8H3/t28-,33-,34-/m1/s1. The first-order valence-electron chi connectivity index (χ1n) is 17.5. The highest BCUT2D eigenvalue weighted by atomic mass is 28.4. The van der Waals surface area contributed by atoms with E-state index in [0.717, 1.165) is 36.4 Å². The summed E-state index contributed by atoms with van der Waals surface area (Å²) in [4.78, 5) is 20.1. The largest absolute Gasteiger partial charge is 0.444 e. The highest BCUT2D eigenvalue weighted by Gasteiger charge is 2.45. The molecule has 268 valence electrons. The zero-order valence-electron chi connectivity index (χ0n) is 30.4. The molecule has 1 N–H and O–H groups in total. The summed E-state index contributed by atoms with van der Waals surface area (Å²) in [5.41, 5.74) is 0.986. The van der Waals surface area contributed by atoms with Crippen molar-refractivity contribution in [1.82, 2.24) is 19.8 Å². The minimum absolute atomic E-state index is 0.000272. The van der Waals surface area contributed by atoms with Gasteiger partial charge in [-0.15, -0.1) is 0 Å². The van der Waals surface area contributed by atoms with Crippen molar-refractivity contribution < 1.29 is 27.5 Å². The van der Waals surface area contributed by atoms with Crippen LogP contribution in [0.3, 0.4) is 0 Å². The van der Waals surface area contributed by atoms with Gasteiger partial charge in [0, 0.05) is 57.1 Å². The molecule has 0 aliphatic carbocycles. The van der Waals surface area contributed by atoms with Gasteiger partial charge in [0.1, 0.15) is 23.1 Å². The predicted molar refractivity (Wildman–Crippen MR) is 191 cm³/mol. The number of halogens is 2. The van der Waals surface area contributed by atoms with Gasteiger partial charge >= 0.3 is 6.09 Å². The molecule has 3 heterocycles. The van der Waals surface area contributed by atoms with Gasteiger partial charge in [-0.1, -0.05) is 51.1 Å². The van der Waals surface area contributed by atoms with Crippen LogP contribution in [0.15, 0.2) is 54.7 Å². The van der Waals surface area contributed by atoms with E-state index in [4.69, 9.17) is 18.9 Å². The normalized spacial score (nSPS) is 20.1. The van der Waals surface area contributed by atoms with Crippen LogP contribution in [-0.2, 0) is 20.4 Å². The first kappa shape index (κ1) is 37.1. The van der Waals surface area contributed by atoms with Crippen molar-refractivity contribution >= 4 is 14.4 Å². The first-order chi connectivity index (χ1) is 23.0. The molecule has 3 atom stereocenters. The Labute approximate surface area is 291 Å². The summed E-state index contributed by atoms with van der Waals surface area (Å²) >= 11 is 0. The molecule has 0 bridgehead atoms. The Morgan fingerprint density at radius 3 is 2.39 bits per heavy atom. The number of ether oxygens (including phenoxy) is 2. The Balaban J connectivity index is 1.49. The molecule has 2 fully saturated rings. The van der Waals surface area contributed by atoms with Crippen molar-refractivity contribution in [2.45, 2.75) is 96.8 Å². The van der Waals surface area contributed by atoms with Crippen LogP contribution < -0.4 is 5.32 Å². The molecule has 0 spiro atoms. The predicted octanol–water partition coefficient (Wildman–Crippen LogP) is 8.19. The summed E-state index contributed by atoms with van der Waals surface area (Å²) in [5.74, 6) is -0.0798. The molecule has 0 radical (unpaired) electrons. The molecule has 0 unspecified atom stereocenters. The second-order valence-electron chi connectivity index (χ2n) is 16.1. The van der Waals surface area contributed by atoms with Gasteiger partial charge in [-0.3, -0.25) is 0 Å². The topological polar surface area (TPSA) is 77.9 Å². The molecule has 11 heteroatoms. The van der Waals surface area contributed by atoms with Gasteiger partial charge in [-0.25, -0.2) is 18.6 Å². The zero-order valence-corrected chi connectivity index (χ0v) is 31.4. The van der Waals surface area contributed by atoms with Gasteiger partial charge in [0.2, 0.25) is 0 Å². The van der Waals surface area contributed by atoms with E-state index in [9.17, 15) is 9.18 Å². The number of nitrogens with zero attached hydrogens (tertiary/aromatic N) is 3. The number of likely N-dealkylation sites (tertiary alicyclic amines) is 1. The van der Waals surface area contributed by atoms with Crippen LogP contribution in [0, 0.1) is 23.5 Å². The van der Waals surface area contributed by atoms with Crippen molar-refractivity contribution in [3.63, 3.8) is 0 Å². The molecule has 49 heavy (non-hydrogen) atoms. The average Bonchev–Trinajstić information content (AvgIpc) is 3.62. The van der Waals surface area contributed by atoms with Crippen LogP contribution in [-0.4, -0.2) is 73.4 Å². The fourth-order valence-corrected chi connectivity index (χ4v) is 7.78. The first-order valence-corrected chi connectivity index (χ1v) is 20.4. The number of benzene rings is 2. The lowest BCUT2D eigenvalue weighted by molar-refractivity contribution is 0.0272. The summed E-state index contributed by atoms with van der Waals surface area (Å²) in [7, 11) is -2.18. The van der Waals surface area contributed by atoms with E-state index in [0.29, 0.717) is 45.1 Å². The molecule has 8 nitrogen and oxygen atoms in total. The molecule has 2 aliphatic heterocycles. The van der Waals surface area contributed by atoms with Crippen molar-refractivity contribution in [2.75, 3.05) is 32.8 Å². The van der Waals surface area contributed by atoms with Crippen LogP contribution >= 0.6 is 0 Å². The van der Waals surface area contributed by atoms with Crippen molar-refractivity contribution in [3.05, 3.63) is 77.8 Å². The van der Waals surface area contributed by atoms with Crippen LogP contribution in [0.5, 0.6) is 0 Å². The summed E-state index contributed by atoms with van der Waals surface area (Å²) in [5, 5.41) is 3.88. The van der Waals surface area contributed by atoms with E-state index in [1.54, 1.807) is 4.90 Å².